The van der Waals surface area contributed by atoms with Gasteiger partial charge in [0.15, 0.2) is 0 Å². The van der Waals surface area contributed by atoms with E-state index in [1.807, 2.05) is 13.0 Å². The van der Waals surface area contributed by atoms with Gasteiger partial charge in [-0.15, -0.1) is 0 Å². The lowest BCUT2D eigenvalue weighted by Gasteiger charge is -2.08. The molecule has 0 bridgehead atoms. The molecule has 0 aliphatic carbocycles. The molecular formula is C15H12FN3O. The van der Waals surface area contributed by atoms with Gasteiger partial charge in [0, 0.05) is 5.39 Å². The number of carbonyl (C=O) groups is 1. The van der Waals surface area contributed by atoms with Gasteiger partial charge in [0.2, 0.25) is 0 Å². The van der Waals surface area contributed by atoms with Gasteiger partial charge in [0.05, 0.1) is 23.0 Å². The predicted molar refractivity (Wildman–Crippen MR) is 75.2 cm³/mol. The molecule has 0 saturated carbocycles. The molecule has 5 heteroatoms. The van der Waals surface area contributed by atoms with E-state index in [-0.39, 0.29) is 11.6 Å². The molecule has 3 aromatic rings. The Hall–Kier alpha value is -2.69. The van der Waals surface area contributed by atoms with Crippen LogP contribution in [0.5, 0.6) is 0 Å². The first kappa shape index (κ1) is 12.3. The van der Waals surface area contributed by atoms with Gasteiger partial charge >= 0.3 is 0 Å². The number of aryl methyl sites for hydroxylation is 1. The lowest BCUT2D eigenvalue weighted by molar-refractivity contribution is 0.102. The van der Waals surface area contributed by atoms with Crippen LogP contribution in [0.2, 0.25) is 0 Å². The number of amides is 1. The number of fused-ring (bicyclic) bond motifs is 1. The van der Waals surface area contributed by atoms with Gasteiger partial charge in [-0.3, -0.25) is 9.89 Å². The molecule has 100 valence electrons. The van der Waals surface area contributed by atoms with Gasteiger partial charge in [-0.05, 0) is 30.7 Å². The number of H-pyrrole nitrogens is 1. The summed E-state index contributed by atoms with van der Waals surface area (Å²) in [5.41, 5.74) is 2.12. The monoisotopic (exact) mass is 269 g/mol. The molecule has 0 aliphatic heterocycles. The number of carbonyl (C=O) groups excluding carboxylic acids is 1. The van der Waals surface area contributed by atoms with Crippen LogP contribution >= 0.6 is 0 Å². The van der Waals surface area contributed by atoms with Crippen molar-refractivity contribution in [2.45, 2.75) is 6.92 Å². The number of hydrogen-bond acceptors (Lipinski definition) is 2. The first-order valence-electron chi connectivity index (χ1n) is 6.15. The lowest BCUT2D eigenvalue weighted by Crippen LogP contribution is -2.13. The number of benzene rings is 2. The summed E-state index contributed by atoms with van der Waals surface area (Å²) in [6.45, 7) is 1.84. The molecular weight excluding hydrogens is 257 g/mol. The zero-order valence-electron chi connectivity index (χ0n) is 10.8. The second-order valence-electron chi connectivity index (χ2n) is 4.58. The van der Waals surface area contributed by atoms with Crippen molar-refractivity contribution < 1.29 is 9.18 Å². The Morgan fingerprint density at radius 1 is 1.30 bits per heavy atom. The van der Waals surface area contributed by atoms with Gasteiger partial charge in [0.1, 0.15) is 5.82 Å². The van der Waals surface area contributed by atoms with E-state index in [1.54, 1.807) is 30.5 Å². The molecule has 1 aromatic heterocycles. The zero-order chi connectivity index (χ0) is 14.1. The quantitative estimate of drug-likeness (QED) is 0.750. The smallest absolute Gasteiger partial charge is 0.257 e. The molecule has 0 spiro atoms. The molecule has 0 aliphatic rings. The third-order valence-corrected chi connectivity index (χ3v) is 3.09. The molecule has 1 heterocycles. The minimum atomic E-state index is -0.458. The van der Waals surface area contributed by atoms with Crippen LogP contribution < -0.4 is 5.32 Å². The van der Waals surface area contributed by atoms with E-state index in [0.29, 0.717) is 11.1 Å². The van der Waals surface area contributed by atoms with Crippen LogP contribution in [0.1, 0.15) is 15.9 Å². The van der Waals surface area contributed by atoms with E-state index in [1.165, 1.54) is 6.07 Å². The molecule has 20 heavy (non-hydrogen) atoms. The third kappa shape index (κ3) is 2.14. The Morgan fingerprint density at radius 2 is 2.15 bits per heavy atom. The molecule has 1 amide bonds. The van der Waals surface area contributed by atoms with Crippen molar-refractivity contribution in [3.05, 3.63) is 59.5 Å². The topological polar surface area (TPSA) is 57.8 Å². The van der Waals surface area contributed by atoms with Crippen molar-refractivity contribution in [1.82, 2.24) is 10.2 Å². The Balaban J connectivity index is 1.97. The molecule has 4 nitrogen and oxygen atoms in total. The first-order valence-corrected chi connectivity index (χ1v) is 6.15. The molecule has 0 atom stereocenters. The van der Waals surface area contributed by atoms with Gasteiger partial charge < -0.3 is 5.32 Å². The van der Waals surface area contributed by atoms with Crippen LogP contribution in [0.3, 0.4) is 0 Å². The third-order valence-electron chi connectivity index (χ3n) is 3.09. The summed E-state index contributed by atoms with van der Waals surface area (Å²) in [5, 5.41) is 10.1. The molecule has 0 saturated heterocycles. The van der Waals surface area contributed by atoms with Crippen LogP contribution in [0.25, 0.3) is 10.9 Å². The van der Waals surface area contributed by atoms with E-state index in [9.17, 15) is 9.18 Å². The fourth-order valence-corrected chi connectivity index (χ4v) is 2.08. The average molecular weight is 269 g/mol. The number of rotatable bonds is 2. The lowest BCUT2D eigenvalue weighted by atomic mass is 10.1. The SMILES string of the molecule is Cc1ccc(F)c(NC(=O)c2cccc3cn[nH]c23)c1. The Bertz CT molecular complexity index is 795. The summed E-state index contributed by atoms with van der Waals surface area (Å²) in [6.07, 6.45) is 1.64. The summed E-state index contributed by atoms with van der Waals surface area (Å²) >= 11 is 0. The van der Waals surface area contributed by atoms with Crippen molar-refractivity contribution in [3.63, 3.8) is 0 Å². The molecule has 0 radical (unpaired) electrons. The zero-order valence-corrected chi connectivity index (χ0v) is 10.8. The largest absolute Gasteiger partial charge is 0.319 e. The summed E-state index contributed by atoms with van der Waals surface area (Å²) in [7, 11) is 0. The number of para-hydroxylation sites is 1. The van der Waals surface area contributed by atoms with Crippen molar-refractivity contribution in [1.29, 1.82) is 0 Å². The molecule has 3 rings (SSSR count). The second-order valence-corrected chi connectivity index (χ2v) is 4.58. The minimum Gasteiger partial charge on any atom is -0.319 e. The molecule has 0 fully saturated rings. The molecule has 0 unspecified atom stereocenters. The summed E-state index contributed by atoms with van der Waals surface area (Å²) in [4.78, 5) is 12.3. The van der Waals surface area contributed by atoms with Crippen LogP contribution in [0, 0.1) is 12.7 Å². The number of halogens is 1. The van der Waals surface area contributed by atoms with Crippen LogP contribution in [0.15, 0.2) is 42.6 Å². The Labute approximate surface area is 114 Å². The number of aromatic amines is 1. The Morgan fingerprint density at radius 3 is 3.00 bits per heavy atom. The summed E-state index contributed by atoms with van der Waals surface area (Å²) in [6, 6.07) is 9.87. The Kier molecular flexibility index (Phi) is 2.95. The summed E-state index contributed by atoms with van der Waals surface area (Å²) in [5.74, 6) is -0.829. The maximum atomic E-state index is 13.7. The van der Waals surface area contributed by atoms with Gasteiger partial charge in [-0.25, -0.2) is 4.39 Å². The van der Waals surface area contributed by atoms with E-state index >= 15 is 0 Å². The van der Waals surface area contributed by atoms with Gasteiger partial charge in [-0.1, -0.05) is 18.2 Å². The van der Waals surface area contributed by atoms with Crippen LogP contribution in [0.4, 0.5) is 10.1 Å². The van der Waals surface area contributed by atoms with Crippen LogP contribution in [-0.2, 0) is 0 Å². The number of nitrogens with one attached hydrogen (secondary N) is 2. The second kappa shape index (κ2) is 4.77. The van der Waals surface area contributed by atoms with Gasteiger partial charge in [-0.2, -0.15) is 5.10 Å². The number of anilines is 1. The highest BCUT2D eigenvalue weighted by molar-refractivity contribution is 6.11. The van der Waals surface area contributed by atoms with Gasteiger partial charge in [0.25, 0.3) is 5.91 Å². The maximum absolute atomic E-state index is 13.7. The standard InChI is InChI=1S/C15H12FN3O/c1-9-5-6-12(16)13(7-9)18-15(20)11-4-2-3-10-8-17-19-14(10)11/h2-8H,1H3,(H,17,19)(H,18,20). The fourth-order valence-electron chi connectivity index (χ4n) is 2.08. The van der Waals surface area contributed by atoms with Crippen molar-refractivity contribution in [3.8, 4) is 0 Å². The number of hydrogen-bond donors (Lipinski definition) is 2. The van der Waals surface area contributed by atoms with E-state index in [2.05, 4.69) is 15.5 Å². The van der Waals surface area contributed by atoms with Crippen molar-refractivity contribution in [2.24, 2.45) is 0 Å². The summed E-state index contributed by atoms with van der Waals surface area (Å²) < 4.78 is 13.7. The molecule has 2 aromatic carbocycles. The average Bonchev–Trinajstić information content (AvgIpc) is 2.91. The van der Waals surface area contributed by atoms with Crippen molar-refractivity contribution >= 4 is 22.5 Å². The van der Waals surface area contributed by atoms with E-state index in [0.717, 1.165) is 10.9 Å². The highest BCUT2D eigenvalue weighted by Gasteiger charge is 2.13. The maximum Gasteiger partial charge on any atom is 0.257 e. The van der Waals surface area contributed by atoms with Crippen molar-refractivity contribution in [2.75, 3.05) is 5.32 Å². The minimum absolute atomic E-state index is 0.173. The van der Waals surface area contributed by atoms with E-state index in [4.69, 9.17) is 0 Å². The van der Waals surface area contributed by atoms with E-state index < -0.39 is 5.82 Å². The van der Waals surface area contributed by atoms with Crippen LogP contribution in [-0.4, -0.2) is 16.1 Å². The number of aromatic nitrogens is 2. The highest BCUT2D eigenvalue weighted by atomic mass is 19.1. The molecule has 2 N–H and O–H groups in total. The first-order chi connectivity index (χ1) is 9.65. The normalized spacial score (nSPS) is 10.7. The highest BCUT2D eigenvalue weighted by Crippen LogP contribution is 2.20. The predicted octanol–water partition coefficient (Wildman–Crippen LogP) is 3.26. The number of nitrogens with zero attached hydrogens (tertiary/aromatic N) is 1. The fraction of sp³-hybridized carbons (Fsp3) is 0.0667.